The lowest BCUT2D eigenvalue weighted by Crippen LogP contribution is -2.46. The second-order valence-electron chi connectivity index (χ2n) is 8.92. The minimum absolute atomic E-state index is 0.00154. The van der Waals surface area contributed by atoms with Crippen LogP contribution in [0.2, 0.25) is 0 Å². The van der Waals surface area contributed by atoms with Crippen molar-refractivity contribution < 1.29 is 19.1 Å². The summed E-state index contributed by atoms with van der Waals surface area (Å²) in [6.45, 7) is 7.36. The van der Waals surface area contributed by atoms with E-state index in [9.17, 15) is 9.59 Å². The van der Waals surface area contributed by atoms with Crippen molar-refractivity contribution in [2.75, 3.05) is 40.4 Å². The van der Waals surface area contributed by atoms with Crippen LogP contribution >= 0.6 is 11.3 Å². The Bertz CT molecular complexity index is 1000. The number of hydrogen-bond acceptors (Lipinski definition) is 7. The fourth-order valence-electron chi connectivity index (χ4n) is 4.81. The fourth-order valence-corrected chi connectivity index (χ4v) is 5.97. The molecule has 174 valence electrons. The van der Waals surface area contributed by atoms with Crippen LogP contribution in [0.5, 0.6) is 5.88 Å². The molecular formula is C23H32N4O4S. The highest BCUT2D eigenvalue weighted by atomic mass is 32.1. The number of aryl methyl sites for hydroxylation is 1. The van der Waals surface area contributed by atoms with Crippen LogP contribution in [-0.4, -0.2) is 72.0 Å². The summed E-state index contributed by atoms with van der Waals surface area (Å²) in [5, 5.41) is 0.782. The average Bonchev–Trinajstić information content (AvgIpc) is 3.14. The summed E-state index contributed by atoms with van der Waals surface area (Å²) in [6, 6.07) is 0. The Labute approximate surface area is 192 Å². The molecule has 2 aliphatic heterocycles. The summed E-state index contributed by atoms with van der Waals surface area (Å²) in [4.78, 5) is 40.6. The molecule has 2 fully saturated rings. The molecule has 2 aromatic rings. The molecule has 32 heavy (non-hydrogen) atoms. The molecule has 8 nitrogen and oxygen atoms in total. The highest BCUT2D eigenvalue weighted by Crippen LogP contribution is 2.36. The molecular weight excluding hydrogens is 428 g/mol. The number of thiophene rings is 1. The number of piperidine rings is 2. The Morgan fingerprint density at radius 2 is 1.84 bits per heavy atom. The number of carbonyl (C=O) groups is 2. The second-order valence-corrected chi connectivity index (χ2v) is 9.92. The molecule has 0 N–H and O–H groups in total. The first-order valence-electron chi connectivity index (χ1n) is 11.3. The summed E-state index contributed by atoms with van der Waals surface area (Å²) < 4.78 is 10.6. The monoisotopic (exact) mass is 460 g/mol. The number of fused-ring (bicyclic) bond motifs is 1. The molecule has 0 bridgehead atoms. The minimum Gasteiger partial charge on any atom is -0.480 e. The first-order chi connectivity index (χ1) is 15.4. The number of hydrogen-bond donors (Lipinski definition) is 0. The summed E-state index contributed by atoms with van der Waals surface area (Å²) in [5.41, 5.74) is 0.844. The molecule has 0 aromatic carbocycles. The van der Waals surface area contributed by atoms with Gasteiger partial charge < -0.3 is 19.3 Å². The third-order valence-electron chi connectivity index (χ3n) is 6.56. The lowest BCUT2D eigenvalue weighted by Gasteiger charge is -2.37. The highest BCUT2D eigenvalue weighted by molar-refractivity contribution is 7.20. The zero-order chi connectivity index (χ0) is 22.8. The molecule has 0 radical (unpaired) electrons. The van der Waals surface area contributed by atoms with E-state index in [-0.39, 0.29) is 24.3 Å². The van der Waals surface area contributed by atoms with E-state index in [1.165, 1.54) is 17.8 Å². The van der Waals surface area contributed by atoms with Gasteiger partial charge in [-0.05, 0) is 44.1 Å². The van der Waals surface area contributed by atoms with Crippen LogP contribution in [-0.2, 0) is 16.1 Å². The van der Waals surface area contributed by atoms with Crippen molar-refractivity contribution in [3.63, 3.8) is 0 Å². The maximum atomic E-state index is 13.3. The van der Waals surface area contributed by atoms with E-state index in [4.69, 9.17) is 9.47 Å². The van der Waals surface area contributed by atoms with Crippen molar-refractivity contribution in [3.8, 4) is 5.88 Å². The topological polar surface area (TPSA) is 84.9 Å². The Balaban J connectivity index is 1.47. The predicted octanol–water partition coefficient (Wildman–Crippen LogP) is 3.27. The average molecular weight is 461 g/mol. The molecule has 2 amide bonds. The Hall–Kier alpha value is -2.26. The smallest absolute Gasteiger partial charge is 0.264 e. The zero-order valence-electron chi connectivity index (χ0n) is 19.3. The third-order valence-corrected chi connectivity index (χ3v) is 7.74. The Morgan fingerprint density at radius 1 is 1.09 bits per heavy atom. The quantitative estimate of drug-likeness (QED) is 0.681. The number of likely N-dealkylation sites (tertiary alicyclic amines) is 2. The van der Waals surface area contributed by atoms with Gasteiger partial charge in [-0.2, -0.15) is 4.98 Å². The molecule has 1 unspecified atom stereocenters. The number of methoxy groups -OCH3 is 2. The number of aromatic nitrogens is 2. The maximum Gasteiger partial charge on any atom is 0.264 e. The maximum absolute atomic E-state index is 13.3. The van der Waals surface area contributed by atoms with Gasteiger partial charge in [0.05, 0.1) is 17.4 Å². The van der Waals surface area contributed by atoms with Crippen LogP contribution in [0, 0.1) is 18.8 Å². The largest absolute Gasteiger partial charge is 0.480 e. The van der Waals surface area contributed by atoms with Crippen LogP contribution in [0.25, 0.3) is 10.2 Å². The van der Waals surface area contributed by atoms with E-state index in [1.807, 2.05) is 16.7 Å². The fraction of sp³-hybridized carbons (Fsp3) is 0.652. The van der Waals surface area contributed by atoms with E-state index in [1.54, 1.807) is 14.2 Å². The SMILES string of the molecule is COCc1nc(OC)c2c(C)c(C(=O)N3CCC(C(=O)N4CCCC(C)C4)CC3)sc2n1. The second kappa shape index (κ2) is 9.70. The van der Waals surface area contributed by atoms with Crippen molar-refractivity contribution in [2.24, 2.45) is 11.8 Å². The van der Waals surface area contributed by atoms with Gasteiger partial charge in [-0.1, -0.05) is 6.92 Å². The van der Waals surface area contributed by atoms with E-state index in [2.05, 4.69) is 16.9 Å². The number of amides is 2. The molecule has 0 aliphatic carbocycles. The lowest BCUT2D eigenvalue weighted by atomic mass is 9.92. The van der Waals surface area contributed by atoms with Crippen LogP contribution in [0.4, 0.5) is 0 Å². The van der Waals surface area contributed by atoms with Crippen molar-refractivity contribution >= 4 is 33.4 Å². The van der Waals surface area contributed by atoms with E-state index in [0.29, 0.717) is 35.6 Å². The normalized spacial score (nSPS) is 20.1. The Morgan fingerprint density at radius 3 is 2.50 bits per heavy atom. The minimum atomic E-state index is -0.00154. The molecule has 0 saturated carbocycles. The number of ether oxygens (including phenoxy) is 2. The standard InChI is InChI=1S/C23H32N4O4S/c1-14-6-5-9-27(12-14)22(28)16-7-10-26(11-8-16)23(29)19-15(2)18-20(31-4)24-17(13-30-3)25-21(18)32-19/h14,16H,5-13H2,1-4H3. The summed E-state index contributed by atoms with van der Waals surface area (Å²) in [6.07, 6.45) is 3.74. The van der Waals surface area contributed by atoms with Gasteiger partial charge in [0.1, 0.15) is 11.4 Å². The number of carbonyl (C=O) groups excluding carboxylic acids is 2. The number of nitrogens with zero attached hydrogens (tertiary/aromatic N) is 4. The summed E-state index contributed by atoms with van der Waals surface area (Å²) in [7, 11) is 3.16. The van der Waals surface area contributed by atoms with Gasteiger partial charge in [0.2, 0.25) is 11.8 Å². The van der Waals surface area contributed by atoms with E-state index < -0.39 is 0 Å². The van der Waals surface area contributed by atoms with Gasteiger partial charge in [0.25, 0.3) is 5.91 Å². The van der Waals surface area contributed by atoms with Crippen molar-refractivity contribution in [1.82, 2.24) is 19.8 Å². The molecule has 2 saturated heterocycles. The van der Waals surface area contributed by atoms with Crippen LogP contribution in [0.1, 0.15) is 53.7 Å². The lowest BCUT2D eigenvalue weighted by molar-refractivity contribution is -0.138. The molecule has 9 heteroatoms. The van der Waals surface area contributed by atoms with Crippen molar-refractivity contribution in [2.45, 2.75) is 46.1 Å². The van der Waals surface area contributed by atoms with Crippen LogP contribution < -0.4 is 4.74 Å². The molecule has 2 aromatic heterocycles. The van der Waals surface area contributed by atoms with E-state index >= 15 is 0 Å². The van der Waals surface area contributed by atoms with Gasteiger partial charge in [-0.3, -0.25) is 9.59 Å². The first-order valence-corrected chi connectivity index (χ1v) is 12.2. The summed E-state index contributed by atoms with van der Waals surface area (Å²) in [5.74, 6) is 1.87. The van der Waals surface area contributed by atoms with Gasteiger partial charge >= 0.3 is 0 Å². The van der Waals surface area contributed by atoms with Gasteiger partial charge in [0, 0.05) is 39.2 Å². The molecule has 0 spiro atoms. The first kappa shape index (κ1) is 22.9. The van der Waals surface area contributed by atoms with Crippen molar-refractivity contribution in [3.05, 3.63) is 16.3 Å². The van der Waals surface area contributed by atoms with Crippen LogP contribution in [0.15, 0.2) is 0 Å². The highest BCUT2D eigenvalue weighted by Gasteiger charge is 2.33. The Kier molecular flexibility index (Phi) is 6.95. The van der Waals surface area contributed by atoms with Crippen molar-refractivity contribution in [1.29, 1.82) is 0 Å². The predicted molar refractivity (Wildman–Crippen MR) is 123 cm³/mol. The van der Waals surface area contributed by atoms with Crippen LogP contribution in [0.3, 0.4) is 0 Å². The van der Waals surface area contributed by atoms with Gasteiger partial charge in [0.15, 0.2) is 5.82 Å². The number of rotatable bonds is 5. The van der Waals surface area contributed by atoms with Gasteiger partial charge in [-0.25, -0.2) is 4.98 Å². The van der Waals surface area contributed by atoms with Gasteiger partial charge in [-0.15, -0.1) is 11.3 Å². The molecule has 4 heterocycles. The third kappa shape index (κ3) is 4.45. The molecule has 1 atom stereocenters. The van der Waals surface area contributed by atoms with E-state index in [0.717, 1.165) is 48.1 Å². The molecule has 2 aliphatic rings. The summed E-state index contributed by atoms with van der Waals surface area (Å²) >= 11 is 1.37. The molecule has 4 rings (SSSR count). The zero-order valence-corrected chi connectivity index (χ0v) is 20.2.